The maximum atomic E-state index is 11.0. The number of nitro groups is 1. The Bertz CT molecular complexity index is 928. The summed E-state index contributed by atoms with van der Waals surface area (Å²) in [6.45, 7) is 2.57. The molecule has 140 valence electrons. The predicted octanol–water partition coefficient (Wildman–Crippen LogP) is 4.14. The zero-order chi connectivity index (χ0) is 19.4. The number of aromatic nitrogens is 2. The molecular weight excluding hydrogens is 362 g/mol. The fraction of sp³-hybridized carbons (Fsp3) is 0.263. The van der Waals surface area contributed by atoms with Crippen molar-refractivity contribution in [3.8, 4) is 11.4 Å². The van der Waals surface area contributed by atoms with Crippen LogP contribution in [-0.4, -0.2) is 40.4 Å². The smallest absolute Gasteiger partial charge is 0.270 e. The predicted molar refractivity (Wildman–Crippen MR) is 108 cm³/mol. The van der Waals surface area contributed by atoms with Crippen LogP contribution >= 0.6 is 11.3 Å². The molecule has 0 fully saturated rings. The first kappa shape index (κ1) is 18.9. The Morgan fingerprint density at radius 3 is 2.74 bits per heavy atom. The van der Waals surface area contributed by atoms with E-state index in [-0.39, 0.29) is 11.7 Å². The zero-order valence-electron chi connectivity index (χ0n) is 15.4. The Labute approximate surface area is 161 Å². The van der Waals surface area contributed by atoms with Crippen molar-refractivity contribution in [2.45, 2.75) is 13.0 Å². The molecule has 1 aromatic carbocycles. The summed E-state index contributed by atoms with van der Waals surface area (Å²) in [7, 11) is 4.09. The molecule has 1 N–H and O–H groups in total. The van der Waals surface area contributed by atoms with Crippen molar-refractivity contribution in [1.82, 2.24) is 14.9 Å². The first-order valence-corrected chi connectivity index (χ1v) is 9.41. The van der Waals surface area contributed by atoms with Crippen LogP contribution in [0.2, 0.25) is 0 Å². The van der Waals surface area contributed by atoms with Crippen molar-refractivity contribution in [3.05, 3.63) is 68.5 Å². The Balaban J connectivity index is 1.83. The highest BCUT2D eigenvalue weighted by atomic mass is 32.1. The SMILES string of the molecule is Cc1cc(NC[C@H](c2ccsc2)N(C)C)nc(-c2cccc([N+](=O)[O-])c2)n1. The number of aryl methyl sites for hydroxylation is 1. The van der Waals surface area contributed by atoms with Gasteiger partial charge in [-0.1, -0.05) is 12.1 Å². The lowest BCUT2D eigenvalue weighted by atomic mass is 10.1. The van der Waals surface area contributed by atoms with Crippen LogP contribution in [0, 0.1) is 17.0 Å². The second-order valence-corrected chi connectivity index (χ2v) is 7.22. The summed E-state index contributed by atoms with van der Waals surface area (Å²) >= 11 is 1.68. The topological polar surface area (TPSA) is 84.2 Å². The minimum absolute atomic E-state index is 0.0252. The summed E-state index contributed by atoms with van der Waals surface area (Å²) in [5.41, 5.74) is 2.70. The van der Waals surface area contributed by atoms with Gasteiger partial charge in [0.2, 0.25) is 0 Å². The molecule has 0 saturated heterocycles. The van der Waals surface area contributed by atoms with Gasteiger partial charge in [0.1, 0.15) is 5.82 Å². The Morgan fingerprint density at radius 1 is 1.26 bits per heavy atom. The van der Waals surface area contributed by atoms with Gasteiger partial charge < -0.3 is 10.2 Å². The lowest BCUT2D eigenvalue weighted by Crippen LogP contribution is -2.26. The van der Waals surface area contributed by atoms with E-state index >= 15 is 0 Å². The van der Waals surface area contributed by atoms with E-state index in [1.54, 1.807) is 23.5 Å². The minimum Gasteiger partial charge on any atom is -0.368 e. The summed E-state index contributed by atoms with van der Waals surface area (Å²) < 4.78 is 0. The van der Waals surface area contributed by atoms with Crippen LogP contribution in [0.4, 0.5) is 11.5 Å². The average molecular weight is 383 g/mol. The molecule has 7 nitrogen and oxygen atoms in total. The van der Waals surface area contributed by atoms with Gasteiger partial charge in [-0.3, -0.25) is 10.1 Å². The maximum absolute atomic E-state index is 11.0. The Morgan fingerprint density at radius 2 is 2.07 bits per heavy atom. The molecular formula is C19H21N5O2S. The van der Waals surface area contributed by atoms with Crippen molar-refractivity contribution < 1.29 is 4.92 Å². The third-order valence-electron chi connectivity index (χ3n) is 4.20. The van der Waals surface area contributed by atoms with E-state index < -0.39 is 4.92 Å². The fourth-order valence-electron chi connectivity index (χ4n) is 2.81. The molecule has 8 heteroatoms. The number of nitro benzene ring substituents is 1. The first-order chi connectivity index (χ1) is 12.9. The van der Waals surface area contributed by atoms with Crippen LogP contribution in [0.25, 0.3) is 11.4 Å². The number of nitrogens with one attached hydrogen (secondary N) is 1. The minimum atomic E-state index is -0.416. The number of rotatable bonds is 7. The summed E-state index contributed by atoms with van der Waals surface area (Å²) in [4.78, 5) is 21.8. The maximum Gasteiger partial charge on any atom is 0.270 e. The lowest BCUT2D eigenvalue weighted by Gasteiger charge is -2.24. The lowest BCUT2D eigenvalue weighted by molar-refractivity contribution is -0.384. The van der Waals surface area contributed by atoms with Crippen molar-refractivity contribution in [2.24, 2.45) is 0 Å². The van der Waals surface area contributed by atoms with E-state index in [4.69, 9.17) is 0 Å². The van der Waals surface area contributed by atoms with Crippen LogP contribution in [0.5, 0.6) is 0 Å². The molecule has 2 heterocycles. The Hall–Kier alpha value is -2.84. The van der Waals surface area contributed by atoms with Crippen molar-refractivity contribution in [3.63, 3.8) is 0 Å². The van der Waals surface area contributed by atoms with Gasteiger partial charge in [0.15, 0.2) is 5.82 Å². The summed E-state index contributed by atoms with van der Waals surface area (Å²) in [6.07, 6.45) is 0. The summed E-state index contributed by atoms with van der Waals surface area (Å²) in [5.74, 6) is 1.17. The molecule has 0 amide bonds. The summed E-state index contributed by atoms with van der Waals surface area (Å²) in [5, 5.41) is 18.6. The zero-order valence-corrected chi connectivity index (χ0v) is 16.2. The summed E-state index contributed by atoms with van der Waals surface area (Å²) in [6, 6.07) is 10.6. The largest absolute Gasteiger partial charge is 0.368 e. The van der Waals surface area contributed by atoms with Crippen LogP contribution in [0.15, 0.2) is 47.2 Å². The van der Waals surface area contributed by atoms with Gasteiger partial charge in [-0.05, 0) is 43.4 Å². The number of hydrogen-bond acceptors (Lipinski definition) is 7. The number of likely N-dealkylation sites (N-methyl/N-ethyl adjacent to an activating group) is 1. The third-order valence-corrected chi connectivity index (χ3v) is 4.90. The van der Waals surface area contributed by atoms with E-state index in [2.05, 4.69) is 37.0 Å². The van der Waals surface area contributed by atoms with Crippen LogP contribution in [0.3, 0.4) is 0 Å². The molecule has 0 radical (unpaired) electrons. The first-order valence-electron chi connectivity index (χ1n) is 8.47. The number of hydrogen-bond donors (Lipinski definition) is 1. The van der Waals surface area contributed by atoms with Crippen molar-refractivity contribution >= 4 is 22.8 Å². The van der Waals surface area contributed by atoms with Gasteiger partial charge in [0.25, 0.3) is 5.69 Å². The van der Waals surface area contributed by atoms with Gasteiger partial charge in [0, 0.05) is 36.0 Å². The second kappa shape index (κ2) is 8.24. The highest BCUT2D eigenvalue weighted by Gasteiger charge is 2.15. The fourth-order valence-corrected chi connectivity index (χ4v) is 3.52. The van der Waals surface area contributed by atoms with E-state index in [1.807, 2.05) is 27.1 Å². The molecule has 3 aromatic rings. The number of nitrogens with zero attached hydrogens (tertiary/aromatic N) is 4. The number of thiophene rings is 1. The monoisotopic (exact) mass is 383 g/mol. The van der Waals surface area contributed by atoms with Gasteiger partial charge >= 0.3 is 0 Å². The van der Waals surface area contributed by atoms with E-state index in [9.17, 15) is 10.1 Å². The molecule has 3 rings (SSSR count). The van der Waals surface area contributed by atoms with Gasteiger partial charge in [-0.15, -0.1) is 0 Å². The molecule has 0 unspecified atom stereocenters. The second-order valence-electron chi connectivity index (χ2n) is 6.44. The molecule has 0 aliphatic carbocycles. The van der Waals surface area contributed by atoms with Crippen LogP contribution < -0.4 is 5.32 Å². The molecule has 0 aliphatic heterocycles. The Kier molecular flexibility index (Phi) is 5.78. The quantitative estimate of drug-likeness (QED) is 0.488. The molecule has 1 atom stereocenters. The van der Waals surface area contributed by atoms with Crippen LogP contribution in [0.1, 0.15) is 17.3 Å². The van der Waals surface area contributed by atoms with Crippen LogP contribution in [-0.2, 0) is 0 Å². The normalized spacial score (nSPS) is 12.1. The molecule has 2 aromatic heterocycles. The molecule has 0 spiro atoms. The van der Waals surface area contributed by atoms with Gasteiger partial charge in [0.05, 0.1) is 11.0 Å². The van der Waals surface area contributed by atoms with Crippen molar-refractivity contribution in [1.29, 1.82) is 0 Å². The highest BCUT2D eigenvalue weighted by Crippen LogP contribution is 2.24. The number of non-ortho nitro benzene ring substituents is 1. The molecule has 27 heavy (non-hydrogen) atoms. The van der Waals surface area contributed by atoms with E-state index in [0.717, 1.165) is 5.69 Å². The average Bonchev–Trinajstić information content (AvgIpc) is 3.15. The van der Waals surface area contributed by atoms with Crippen molar-refractivity contribution in [2.75, 3.05) is 26.0 Å². The van der Waals surface area contributed by atoms with Gasteiger partial charge in [-0.2, -0.15) is 11.3 Å². The highest BCUT2D eigenvalue weighted by molar-refractivity contribution is 7.07. The molecule has 0 aliphatic rings. The van der Waals surface area contributed by atoms with Gasteiger partial charge in [-0.25, -0.2) is 9.97 Å². The molecule has 0 bridgehead atoms. The van der Waals surface area contributed by atoms with E-state index in [0.29, 0.717) is 23.8 Å². The molecule has 0 saturated carbocycles. The third kappa shape index (κ3) is 4.66. The number of benzene rings is 1. The number of anilines is 1. The van der Waals surface area contributed by atoms with E-state index in [1.165, 1.54) is 17.7 Å². The standard InChI is InChI=1S/C19H21N5O2S/c1-13-9-18(20-11-17(23(2)3)15-7-8-27-12-15)22-19(21-13)14-5-4-6-16(10-14)24(25)26/h4-10,12,17H,11H2,1-3H3,(H,20,21,22)/t17-/m1/s1.